The van der Waals surface area contributed by atoms with Crippen LogP contribution in [0, 0.1) is 0 Å². The highest BCUT2D eigenvalue weighted by Crippen LogP contribution is 2.30. The summed E-state index contributed by atoms with van der Waals surface area (Å²) in [6.45, 7) is 0. The van der Waals surface area contributed by atoms with Crippen molar-refractivity contribution in [3.05, 3.63) is 84.4 Å². The first-order chi connectivity index (χ1) is 11.8. The molecule has 3 aromatic carbocycles. The summed E-state index contributed by atoms with van der Waals surface area (Å²) in [6, 6.07) is 23.9. The lowest BCUT2D eigenvalue weighted by Gasteiger charge is -2.04. The van der Waals surface area contributed by atoms with Crippen LogP contribution >= 0.6 is 0 Å². The van der Waals surface area contributed by atoms with Crippen LogP contribution in [-0.4, -0.2) is 11.1 Å². The molecule has 0 saturated carbocycles. The summed E-state index contributed by atoms with van der Waals surface area (Å²) in [7, 11) is 0. The van der Waals surface area contributed by atoms with E-state index in [0.29, 0.717) is 16.9 Å². The molecule has 4 heteroatoms. The Kier molecular flexibility index (Phi) is 3.56. The maximum Gasteiger partial charge on any atom is 0.343 e. The smallest absolute Gasteiger partial charge is 0.343 e. The van der Waals surface area contributed by atoms with E-state index in [2.05, 4.69) is 5.16 Å². The van der Waals surface area contributed by atoms with Crippen molar-refractivity contribution in [1.29, 1.82) is 0 Å². The molecule has 1 heterocycles. The minimum atomic E-state index is -0.405. The van der Waals surface area contributed by atoms with E-state index in [1.807, 2.05) is 42.5 Å². The van der Waals surface area contributed by atoms with E-state index < -0.39 is 5.97 Å². The summed E-state index contributed by atoms with van der Waals surface area (Å²) in [4.78, 5) is 12.1. The van der Waals surface area contributed by atoms with Crippen LogP contribution in [0.15, 0.2) is 83.4 Å². The van der Waals surface area contributed by atoms with Crippen molar-refractivity contribution in [3.8, 4) is 17.0 Å². The maximum atomic E-state index is 12.1. The SMILES string of the molecule is O=C(Oc1ccc2c(-c3ccccc3)noc2c1)c1ccccc1. The Bertz CT molecular complexity index is 991. The highest BCUT2D eigenvalue weighted by molar-refractivity contribution is 5.94. The van der Waals surface area contributed by atoms with Gasteiger partial charge >= 0.3 is 5.97 Å². The van der Waals surface area contributed by atoms with Gasteiger partial charge in [-0.05, 0) is 24.3 Å². The molecule has 0 N–H and O–H groups in total. The molecule has 0 radical (unpaired) electrons. The van der Waals surface area contributed by atoms with Crippen LogP contribution in [-0.2, 0) is 0 Å². The fourth-order valence-corrected chi connectivity index (χ4v) is 2.53. The predicted molar refractivity (Wildman–Crippen MR) is 90.8 cm³/mol. The van der Waals surface area contributed by atoms with Gasteiger partial charge in [-0.2, -0.15) is 0 Å². The molecule has 116 valence electrons. The summed E-state index contributed by atoms with van der Waals surface area (Å²) >= 11 is 0. The van der Waals surface area contributed by atoms with Gasteiger partial charge in [0.05, 0.1) is 5.56 Å². The summed E-state index contributed by atoms with van der Waals surface area (Å²) < 4.78 is 10.8. The number of ether oxygens (including phenoxy) is 1. The fraction of sp³-hybridized carbons (Fsp3) is 0. The number of hydrogen-bond donors (Lipinski definition) is 0. The second-order valence-electron chi connectivity index (χ2n) is 5.31. The molecule has 0 spiro atoms. The normalized spacial score (nSPS) is 10.7. The topological polar surface area (TPSA) is 52.3 Å². The van der Waals surface area contributed by atoms with Gasteiger partial charge in [-0.3, -0.25) is 0 Å². The minimum absolute atomic E-state index is 0.405. The van der Waals surface area contributed by atoms with Gasteiger partial charge < -0.3 is 9.26 Å². The molecule has 0 atom stereocenters. The number of esters is 1. The Labute approximate surface area is 138 Å². The van der Waals surface area contributed by atoms with E-state index >= 15 is 0 Å². The van der Waals surface area contributed by atoms with Crippen LogP contribution in [0.1, 0.15) is 10.4 Å². The Balaban J connectivity index is 1.64. The number of nitrogens with zero attached hydrogens (tertiary/aromatic N) is 1. The highest BCUT2D eigenvalue weighted by Gasteiger charge is 2.13. The standard InChI is InChI=1S/C20H13NO3/c22-20(15-9-5-2-6-10-15)23-16-11-12-17-18(13-16)24-21-19(17)14-7-3-1-4-8-14/h1-13H. The number of benzene rings is 3. The Hall–Kier alpha value is -3.40. The summed E-state index contributed by atoms with van der Waals surface area (Å²) in [5.74, 6) is 0.0184. The van der Waals surface area contributed by atoms with E-state index in [-0.39, 0.29) is 0 Å². The average Bonchev–Trinajstić information content (AvgIpc) is 3.06. The second-order valence-corrected chi connectivity index (χ2v) is 5.31. The second kappa shape index (κ2) is 6.01. The molecule has 0 bridgehead atoms. The lowest BCUT2D eigenvalue weighted by molar-refractivity contribution is 0.0735. The van der Waals surface area contributed by atoms with Crippen LogP contribution in [0.4, 0.5) is 0 Å². The lowest BCUT2D eigenvalue weighted by Crippen LogP contribution is -2.07. The van der Waals surface area contributed by atoms with Gasteiger partial charge in [-0.25, -0.2) is 4.79 Å². The summed E-state index contributed by atoms with van der Waals surface area (Å²) in [6.07, 6.45) is 0. The fourth-order valence-electron chi connectivity index (χ4n) is 2.53. The zero-order valence-electron chi connectivity index (χ0n) is 12.7. The van der Waals surface area contributed by atoms with Crippen molar-refractivity contribution in [1.82, 2.24) is 5.16 Å². The highest BCUT2D eigenvalue weighted by atomic mass is 16.5. The van der Waals surface area contributed by atoms with Gasteiger partial charge in [0, 0.05) is 17.0 Å². The van der Waals surface area contributed by atoms with Crippen molar-refractivity contribution in [2.24, 2.45) is 0 Å². The third-order valence-electron chi connectivity index (χ3n) is 3.71. The number of hydrogen-bond acceptors (Lipinski definition) is 4. The molecule has 0 saturated heterocycles. The first-order valence-corrected chi connectivity index (χ1v) is 7.53. The maximum absolute atomic E-state index is 12.1. The van der Waals surface area contributed by atoms with Crippen LogP contribution in [0.2, 0.25) is 0 Å². The van der Waals surface area contributed by atoms with E-state index in [1.165, 1.54) is 0 Å². The number of carbonyl (C=O) groups excluding carboxylic acids is 1. The predicted octanol–water partition coefficient (Wildman–Crippen LogP) is 4.71. The van der Waals surface area contributed by atoms with Gasteiger partial charge in [-0.1, -0.05) is 53.7 Å². The van der Waals surface area contributed by atoms with Gasteiger partial charge in [0.25, 0.3) is 0 Å². The van der Waals surface area contributed by atoms with Crippen molar-refractivity contribution < 1.29 is 14.1 Å². The molecule has 4 rings (SSSR count). The molecule has 24 heavy (non-hydrogen) atoms. The van der Waals surface area contributed by atoms with Crippen molar-refractivity contribution in [3.63, 3.8) is 0 Å². The molecule has 0 fully saturated rings. The molecular formula is C20H13NO3. The molecule has 0 aliphatic heterocycles. The summed E-state index contributed by atoms with van der Waals surface area (Å²) in [5, 5.41) is 5.00. The Morgan fingerprint density at radius 1 is 0.875 bits per heavy atom. The van der Waals surface area contributed by atoms with Crippen molar-refractivity contribution >= 4 is 16.9 Å². The number of carbonyl (C=O) groups is 1. The summed E-state index contributed by atoms with van der Waals surface area (Å²) in [5.41, 5.74) is 2.82. The Morgan fingerprint density at radius 2 is 1.58 bits per heavy atom. The Morgan fingerprint density at radius 3 is 2.33 bits per heavy atom. The molecule has 0 unspecified atom stereocenters. The van der Waals surface area contributed by atoms with Gasteiger partial charge in [0.15, 0.2) is 5.58 Å². The molecular weight excluding hydrogens is 302 g/mol. The van der Waals surface area contributed by atoms with E-state index in [9.17, 15) is 4.79 Å². The average molecular weight is 315 g/mol. The first kappa shape index (κ1) is 14.2. The quantitative estimate of drug-likeness (QED) is 0.406. The number of rotatable bonds is 3. The van der Waals surface area contributed by atoms with Crippen LogP contribution < -0.4 is 4.74 Å². The van der Waals surface area contributed by atoms with Crippen LogP contribution in [0.3, 0.4) is 0 Å². The molecule has 4 aromatic rings. The molecule has 4 nitrogen and oxygen atoms in total. The third kappa shape index (κ3) is 2.65. The zero-order chi connectivity index (χ0) is 16.4. The third-order valence-corrected chi connectivity index (χ3v) is 3.71. The largest absolute Gasteiger partial charge is 0.423 e. The molecule has 0 aliphatic rings. The molecule has 0 amide bonds. The monoisotopic (exact) mass is 315 g/mol. The van der Waals surface area contributed by atoms with E-state index in [4.69, 9.17) is 9.26 Å². The van der Waals surface area contributed by atoms with Crippen LogP contribution in [0.5, 0.6) is 5.75 Å². The lowest BCUT2D eigenvalue weighted by atomic mass is 10.1. The molecule has 1 aromatic heterocycles. The number of aromatic nitrogens is 1. The van der Waals surface area contributed by atoms with E-state index in [0.717, 1.165) is 16.6 Å². The van der Waals surface area contributed by atoms with Gasteiger partial charge in [0.1, 0.15) is 11.4 Å². The first-order valence-electron chi connectivity index (χ1n) is 7.53. The van der Waals surface area contributed by atoms with E-state index in [1.54, 1.807) is 36.4 Å². The van der Waals surface area contributed by atoms with Crippen molar-refractivity contribution in [2.45, 2.75) is 0 Å². The minimum Gasteiger partial charge on any atom is -0.423 e. The molecule has 0 aliphatic carbocycles. The van der Waals surface area contributed by atoms with Gasteiger partial charge in [0.2, 0.25) is 0 Å². The zero-order valence-corrected chi connectivity index (χ0v) is 12.7. The number of fused-ring (bicyclic) bond motifs is 1. The van der Waals surface area contributed by atoms with Crippen molar-refractivity contribution in [2.75, 3.05) is 0 Å². The van der Waals surface area contributed by atoms with Gasteiger partial charge in [-0.15, -0.1) is 0 Å². The van der Waals surface area contributed by atoms with Crippen LogP contribution in [0.25, 0.3) is 22.2 Å².